The summed E-state index contributed by atoms with van der Waals surface area (Å²) in [7, 11) is 0. The Labute approximate surface area is 128 Å². The molecule has 2 unspecified atom stereocenters. The fourth-order valence-corrected chi connectivity index (χ4v) is 3.49. The minimum Gasteiger partial charge on any atom is -0.490 e. The zero-order chi connectivity index (χ0) is 14.5. The highest BCUT2D eigenvalue weighted by Gasteiger charge is 2.21. The molecule has 0 radical (unpaired) electrons. The maximum atomic E-state index is 5.90. The molecule has 0 saturated heterocycles. The average Bonchev–Trinajstić information content (AvgIpc) is 2.79. The van der Waals surface area contributed by atoms with Crippen LogP contribution in [0.1, 0.15) is 51.0 Å². The molecular formula is C18H27NO2. The van der Waals surface area contributed by atoms with Crippen molar-refractivity contribution < 1.29 is 9.47 Å². The van der Waals surface area contributed by atoms with E-state index in [0.29, 0.717) is 6.04 Å². The van der Waals surface area contributed by atoms with Gasteiger partial charge < -0.3 is 14.8 Å². The van der Waals surface area contributed by atoms with Gasteiger partial charge in [0.2, 0.25) is 0 Å². The summed E-state index contributed by atoms with van der Waals surface area (Å²) < 4.78 is 11.7. The Bertz CT molecular complexity index is 461. The Morgan fingerprint density at radius 2 is 2.05 bits per heavy atom. The topological polar surface area (TPSA) is 30.5 Å². The lowest BCUT2D eigenvalue weighted by Gasteiger charge is -2.29. The Balaban J connectivity index is 1.62. The van der Waals surface area contributed by atoms with Crippen molar-refractivity contribution in [3.05, 3.63) is 23.8 Å². The minimum atomic E-state index is 0.659. The van der Waals surface area contributed by atoms with Crippen molar-refractivity contribution in [2.24, 2.45) is 5.92 Å². The summed E-state index contributed by atoms with van der Waals surface area (Å²) in [5.74, 6) is 2.76. The third-order valence-electron chi connectivity index (χ3n) is 4.79. The van der Waals surface area contributed by atoms with Crippen molar-refractivity contribution in [2.75, 3.05) is 13.2 Å². The van der Waals surface area contributed by atoms with E-state index < -0.39 is 0 Å². The number of hydrogen-bond acceptors (Lipinski definition) is 3. The van der Waals surface area contributed by atoms with E-state index >= 15 is 0 Å². The van der Waals surface area contributed by atoms with Crippen LogP contribution < -0.4 is 14.8 Å². The van der Waals surface area contributed by atoms with Crippen molar-refractivity contribution in [3.8, 4) is 11.5 Å². The number of rotatable bonds is 4. The van der Waals surface area contributed by atoms with Gasteiger partial charge in [0.1, 0.15) is 0 Å². The number of para-hydroxylation sites is 1. The van der Waals surface area contributed by atoms with Crippen LogP contribution in [-0.4, -0.2) is 19.3 Å². The summed E-state index contributed by atoms with van der Waals surface area (Å²) in [6.45, 7) is 4.71. The van der Waals surface area contributed by atoms with Crippen LogP contribution in [0.4, 0.5) is 0 Å². The van der Waals surface area contributed by atoms with Crippen LogP contribution in [-0.2, 0) is 6.54 Å². The zero-order valence-electron chi connectivity index (χ0n) is 13.1. The van der Waals surface area contributed by atoms with Crippen LogP contribution in [0.25, 0.3) is 0 Å². The fourth-order valence-electron chi connectivity index (χ4n) is 3.49. The molecule has 1 aliphatic heterocycles. The van der Waals surface area contributed by atoms with Crippen LogP contribution in [0, 0.1) is 5.92 Å². The largest absolute Gasteiger partial charge is 0.490 e. The quantitative estimate of drug-likeness (QED) is 0.911. The van der Waals surface area contributed by atoms with Crippen LogP contribution in [0.5, 0.6) is 11.5 Å². The predicted octanol–water partition coefficient (Wildman–Crippen LogP) is 3.91. The third kappa shape index (κ3) is 3.70. The van der Waals surface area contributed by atoms with E-state index in [4.69, 9.17) is 9.47 Å². The molecule has 3 rings (SSSR count). The molecule has 3 heteroatoms. The zero-order valence-corrected chi connectivity index (χ0v) is 13.1. The van der Waals surface area contributed by atoms with Crippen LogP contribution in [0.3, 0.4) is 0 Å². The second-order valence-electron chi connectivity index (χ2n) is 6.31. The fraction of sp³-hybridized carbons (Fsp3) is 0.667. The average molecular weight is 289 g/mol. The molecule has 0 spiro atoms. The molecule has 1 saturated carbocycles. The summed E-state index contributed by atoms with van der Waals surface area (Å²) in [5.41, 5.74) is 1.23. The molecule has 1 aliphatic carbocycles. The number of ether oxygens (including phenoxy) is 2. The summed E-state index contributed by atoms with van der Waals surface area (Å²) in [4.78, 5) is 0. The summed E-state index contributed by atoms with van der Waals surface area (Å²) >= 11 is 0. The van der Waals surface area contributed by atoms with Gasteiger partial charge in [0.25, 0.3) is 0 Å². The molecule has 0 aromatic heterocycles. The van der Waals surface area contributed by atoms with E-state index in [1.165, 1.54) is 37.7 Å². The molecule has 21 heavy (non-hydrogen) atoms. The van der Waals surface area contributed by atoms with Crippen molar-refractivity contribution >= 4 is 0 Å². The smallest absolute Gasteiger partial charge is 0.165 e. The Hall–Kier alpha value is -1.22. The van der Waals surface area contributed by atoms with Gasteiger partial charge in [-0.2, -0.15) is 0 Å². The molecule has 1 heterocycles. The highest BCUT2D eigenvalue weighted by atomic mass is 16.5. The highest BCUT2D eigenvalue weighted by molar-refractivity contribution is 5.47. The van der Waals surface area contributed by atoms with Crippen molar-refractivity contribution in [2.45, 2.75) is 58.0 Å². The third-order valence-corrected chi connectivity index (χ3v) is 4.79. The van der Waals surface area contributed by atoms with E-state index in [1.807, 2.05) is 6.07 Å². The number of hydrogen-bond donors (Lipinski definition) is 1. The molecule has 3 nitrogen and oxygen atoms in total. The van der Waals surface area contributed by atoms with E-state index in [-0.39, 0.29) is 0 Å². The lowest BCUT2D eigenvalue weighted by molar-refractivity contribution is 0.275. The maximum Gasteiger partial charge on any atom is 0.165 e. The van der Waals surface area contributed by atoms with Gasteiger partial charge in [0.15, 0.2) is 11.5 Å². The molecule has 1 aromatic rings. The molecule has 1 aromatic carbocycles. The summed E-state index contributed by atoms with van der Waals surface area (Å²) in [6, 6.07) is 6.89. The number of fused-ring (bicyclic) bond motifs is 1. The van der Waals surface area contributed by atoms with Crippen LogP contribution >= 0.6 is 0 Å². The molecule has 0 amide bonds. The first kappa shape index (κ1) is 14.7. The van der Waals surface area contributed by atoms with Gasteiger partial charge >= 0.3 is 0 Å². The van der Waals surface area contributed by atoms with Gasteiger partial charge in [-0.05, 0) is 24.8 Å². The number of nitrogens with one attached hydrogen (secondary N) is 1. The maximum absolute atomic E-state index is 5.90. The first-order valence-corrected chi connectivity index (χ1v) is 8.47. The van der Waals surface area contributed by atoms with Gasteiger partial charge in [-0.15, -0.1) is 0 Å². The first-order valence-electron chi connectivity index (χ1n) is 8.47. The molecule has 116 valence electrons. The minimum absolute atomic E-state index is 0.659. The Kier molecular flexibility index (Phi) is 5.02. The Morgan fingerprint density at radius 3 is 2.95 bits per heavy atom. The molecular weight excluding hydrogens is 262 g/mol. The predicted molar refractivity (Wildman–Crippen MR) is 84.9 cm³/mol. The first-order chi connectivity index (χ1) is 10.4. The van der Waals surface area contributed by atoms with Gasteiger partial charge in [-0.25, -0.2) is 0 Å². The highest BCUT2D eigenvalue weighted by Crippen LogP contribution is 2.33. The van der Waals surface area contributed by atoms with Gasteiger partial charge in [-0.3, -0.25) is 0 Å². The summed E-state index contributed by atoms with van der Waals surface area (Å²) in [6.07, 6.45) is 7.68. The van der Waals surface area contributed by atoms with E-state index in [9.17, 15) is 0 Å². The lowest BCUT2D eigenvalue weighted by Crippen LogP contribution is -2.33. The van der Waals surface area contributed by atoms with Crippen molar-refractivity contribution in [1.82, 2.24) is 5.32 Å². The van der Waals surface area contributed by atoms with E-state index in [0.717, 1.165) is 43.6 Å². The van der Waals surface area contributed by atoms with E-state index in [2.05, 4.69) is 24.4 Å². The Morgan fingerprint density at radius 1 is 1.14 bits per heavy atom. The number of benzene rings is 1. The molecule has 1 N–H and O–H groups in total. The molecule has 2 atom stereocenters. The van der Waals surface area contributed by atoms with Crippen LogP contribution in [0.15, 0.2) is 18.2 Å². The van der Waals surface area contributed by atoms with Gasteiger partial charge in [0.05, 0.1) is 13.2 Å². The van der Waals surface area contributed by atoms with Crippen LogP contribution in [0.2, 0.25) is 0 Å². The van der Waals surface area contributed by atoms with Gasteiger partial charge in [-0.1, -0.05) is 38.3 Å². The second kappa shape index (κ2) is 7.17. The normalized spacial score (nSPS) is 25.4. The lowest BCUT2D eigenvalue weighted by atomic mass is 9.84. The van der Waals surface area contributed by atoms with Gasteiger partial charge in [0, 0.05) is 24.6 Å². The molecule has 1 fully saturated rings. The van der Waals surface area contributed by atoms with Crippen molar-refractivity contribution in [3.63, 3.8) is 0 Å². The second-order valence-corrected chi connectivity index (χ2v) is 6.31. The monoisotopic (exact) mass is 289 g/mol. The standard InChI is InChI=1S/C18H27NO2/c1-2-14-6-3-8-16(12-14)19-13-15-7-4-9-17-18(15)21-11-5-10-20-17/h4,7,9,14,16,19H,2-3,5-6,8,10-13H2,1H3. The van der Waals surface area contributed by atoms with Crippen molar-refractivity contribution in [1.29, 1.82) is 0 Å². The summed E-state index contributed by atoms with van der Waals surface area (Å²) in [5, 5.41) is 3.74. The molecule has 2 aliphatic rings. The SMILES string of the molecule is CCC1CCCC(NCc2cccc3c2OCCCO3)C1. The van der Waals surface area contributed by atoms with E-state index in [1.54, 1.807) is 0 Å². The molecule has 0 bridgehead atoms.